The molecule has 0 aromatic rings. The molecule has 0 saturated carbocycles. The predicted octanol–water partition coefficient (Wildman–Crippen LogP) is 0.753. The van der Waals surface area contributed by atoms with Crippen LogP contribution >= 0.6 is 0 Å². The van der Waals surface area contributed by atoms with Crippen molar-refractivity contribution in [3.05, 3.63) is 0 Å². The number of rotatable bonds is 2. The number of amides is 1. The van der Waals surface area contributed by atoms with Crippen LogP contribution in [-0.2, 0) is 9.53 Å². The molecule has 17 heavy (non-hydrogen) atoms. The highest BCUT2D eigenvalue weighted by atomic mass is 16.5. The second-order valence-corrected chi connectivity index (χ2v) is 5.83. The SMILES string of the molecule is C#CCC(N)C(=O)N1CC(C)(C)OC(C)(C)C1. The molecule has 0 aliphatic carbocycles. The number of hydrogen-bond donors (Lipinski definition) is 1. The highest BCUT2D eigenvalue weighted by Gasteiger charge is 2.40. The Balaban J connectivity index is 2.78. The third kappa shape index (κ3) is 3.72. The lowest BCUT2D eigenvalue weighted by atomic mass is 9.98. The van der Waals surface area contributed by atoms with Crippen molar-refractivity contribution in [3.8, 4) is 12.3 Å². The van der Waals surface area contributed by atoms with E-state index in [1.54, 1.807) is 4.90 Å². The highest BCUT2D eigenvalue weighted by Crippen LogP contribution is 2.28. The van der Waals surface area contributed by atoms with Gasteiger partial charge in [-0.3, -0.25) is 4.79 Å². The van der Waals surface area contributed by atoms with Crippen LogP contribution in [-0.4, -0.2) is 41.1 Å². The van der Waals surface area contributed by atoms with Crippen molar-refractivity contribution in [1.29, 1.82) is 0 Å². The largest absolute Gasteiger partial charge is 0.366 e. The molecule has 4 nitrogen and oxygen atoms in total. The van der Waals surface area contributed by atoms with Gasteiger partial charge in [0, 0.05) is 19.5 Å². The molecular weight excluding hydrogens is 216 g/mol. The normalized spacial score (nSPS) is 23.9. The van der Waals surface area contributed by atoms with Crippen molar-refractivity contribution in [3.63, 3.8) is 0 Å². The quantitative estimate of drug-likeness (QED) is 0.722. The van der Waals surface area contributed by atoms with Crippen molar-refractivity contribution in [2.75, 3.05) is 13.1 Å². The second kappa shape index (κ2) is 4.67. The van der Waals surface area contributed by atoms with Crippen LogP contribution < -0.4 is 5.73 Å². The summed E-state index contributed by atoms with van der Waals surface area (Å²) in [6, 6.07) is -0.607. The van der Waals surface area contributed by atoms with Gasteiger partial charge in [-0.1, -0.05) is 0 Å². The molecule has 4 heteroatoms. The molecule has 0 spiro atoms. The molecular formula is C13H22N2O2. The van der Waals surface area contributed by atoms with Crippen molar-refractivity contribution in [2.24, 2.45) is 5.73 Å². The average molecular weight is 238 g/mol. The fourth-order valence-electron chi connectivity index (χ4n) is 2.39. The van der Waals surface area contributed by atoms with Crippen molar-refractivity contribution >= 4 is 5.91 Å². The zero-order chi connectivity index (χ0) is 13.3. The van der Waals surface area contributed by atoms with E-state index in [0.29, 0.717) is 13.1 Å². The summed E-state index contributed by atoms with van der Waals surface area (Å²) in [4.78, 5) is 13.9. The number of carbonyl (C=O) groups excluding carboxylic acids is 1. The number of nitrogens with zero attached hydrogens (tertiary/aromatic N) is 1. The number of morpholine rings is 1. The van der Waals surface area contributed by atoms with E-state index in [2.05, 4.69) is 5.92 Å². The van der Waals surface area contributed by atoms with E-state index < -0.39 is 6.04 Å². The van der Waals surface area contributed by atoms with Gasteiger partial charge in [-0.05, 0) is 27.7 Å². The van der Waals surface area contributed by atoms with Crippen molar-refractivity contribution < 1.29 is 9.53 Å². The van der Waals surface area contributed by atoms with Crippen LogP contribution in [0.5, 0.6) is 0 Å². The van der Waals surface area contributed by atoms with Gasteiger partial charge < -0.3 is 15.4 Å². The van der Waals surface area contributed by atoms with E-state index in [-0.39, 0.29) is 23.5 Å². The molecule has 0 aromatic carbocycles. The van der Waals surface area contributed by atoms with E-state index >= 15 is 0 Å². The maximum atomic E-state index is 12.1. The van der Waals surface area contributed by atoms with Gasteiger partial charge in [-0.25, -0.2) is 0 Å². The minimum atomic E-state index is -0.607. The highest BCUT2D eigenvalue weighted by molar-refractivity contribution is 5.82. The Kier molecular flexibility index (Phi) is 3.85. The lowest BCUT2D eigenvalue weighted by Gasteiger charge is -2.47. The van der Waals surface area contributed by atoms with E-state index in [1.165, 1.54) is 0 Å². The average Bonchev–Trinajstić information content (AvgIpc) is 2.12. The first-order chi connectivity index (χ1) is 7.67. The standard InChI is InChI=1S/C13H22N2O2/c1-6-7-10(14)11(16)15-8-12(2,3)17-13(4,5)9-15/h1,10H,7-9,14H2,2-5H3. The Hall–Kier alpha value is -1.05. The van der Waals surface area contributed by atoms with Crippen LogP contribution in [0.3, 0.4) is 0 Å². The summed E-state index contributed by atoms with van der Waals surface area (Å²) in [5, 5.41) is 0. The number of hydrogen-bond acceptors (Lipinski definition) is 3. The third-order valence-corrected chi connectivity index (χ3v) is 2.66. The topological polar surface area (TPSA) is 55.6 Å². The molecule has 0 bridgehead atoms. The summed E-state index contributed by atoms with van der Waals surface area (Å²) in [5.41, 5.74) is 5.05. The van der Waals surface area contributed by atoms with Gasteiger partial charge in [0.15, 0.2) is 0 Å². The zero-order valence-corrected chi connectivity index (χ0v) is 11.1. The van der Waals surface area contributed by atoms with Gasteiger partial charge in [-0.2, -0.15) is 0 Å². The van der Waals surface area contributed by atoms with Crippen LogP contribution in [0.25, 0.3) is 0 Å². The minimum Gasteiger partial charge on any atom is -0.366 e. The summed E-state index contributed by atoms with van der Waals surface area (Å²) in [5.74, 6) is 2.33. The maximum Gasteiger partial charge on any atom is 0.240 e. The first kappa shape index (κ1) is 14.0. The number of carbonyl (C=O) groups is 1. The van der Waals surface area contributed by atoms with Gasteiger partial charge in [0.25, 0.3) is 0 Å². The molecule has 1 aliphatic heterocycles. The fourth-order valence-corrected chi connectivity index (χ4v) is 2.39. The van der Waals surface area contributed by atoms with Gasteiger partial charge in [0.1, 0.15) is 0 Å². The lowest BCUT2D eigenvalue weighted by Crippen LogP contribution is -2.61. The van der Waals surface area contributed by atoms with Crippen molar-refractivity contribution in [2.45, 2.75) is 51.4 Å². The van der Waals surface area contributed by atoms with E-state index in [9.17, 15) is 4.79 Å². The van der Waals surface area contributed by atoms with Crippen LogP contribution in [0, 0.1) is 12.3 Å². The lowest BCUT2D eigenvalue weighted by molar-refractivity contribution is -0.188. The molecule has 1 atom stereocenters. The summed E-state index contributed by atoms with van der Waals surface area (Å²) in [6.45, 7) is 8.99. The van der Waals surface area contributed by atoms with Crippen LogP contribution in [0.1, 0.15) is 34.1 Å². The summed E-state index contributed by atoms with van der Waals surface area (Å²) >= 11 is 0. The molecule has 1 unspecified atom stereocenters. The zero-order valence-electron chi connectivity index (χ0n) is 11.1. The molecule has 0 aromatic heterocycles. The molecule has 1 aliphatic rings. The number of ether oxygens (including phenoxy) is 1. The molecule has 1 heterocycles. The van der Waals surface area contributed by atoms with E-state index in [0.717, 1.165) is 0 Å². The smallest absolute Gasteiger partial charge is 0.240 e. The third-order valence-electron chi connectivity index (χ3n) is 2.66. The van der Waals surface area contributed by atoms with Gasteiger partial charge in [0.05, 0.1) is 17.2 Å². The molecule has 1 amide bonds. The molecule has 0 radical (unpaired) electrons. The summed E-state index contributed by atoms with van der Waals surface area (Å²) in [6.07, 6.45) is 5.45. The minimum absolute atomic E-state index is 0.0904. The van der Waals surface area contributed by atoms with Gasteiger partial charge in [0.2, 0.25) is 5.91 Å². The molecule has 1 fully saturated rings. The van der Waals surface area contributed by atoms with E-state index in [4.69, 9.17) is 16.9 Å². The number of terminal acetylenes is 1. The Morgan fingerprint density at radius 3 is 2.29 bits per heavy atom. The molecule has 1 rings (SSSR count). The van der Waals surface area contributed by atoms with Crippen LogP contribution in [0.4, 0.5) is 0 Å². The Morgan fingerprint density at radius 1 is 1.41 bits per heavy atom. The maximum absolute atomic E-state index is 12.1. The Bertz CT molecular complexity index is 326. The Labute approximate surface area is 103 Å². The molecule has 2 N–H and O–H groups in total. The molecule has 1 saturated heterocycles. The van der Waals surface area contributed by atoms with Gasteiger partial charge >= 0.3 is 0 Å². The fraction of sp³-hybridized carbons (Fsp3) is 0.769. The first-order valence-electron chi connectivity index (χ1n) is 5.85. The summed E-state index contributed by atoms with van der Waals surface area (Å²) in [7, 11) is 0. The van der Waals surface area contributed by atoms with Crippen LogP contribution in [0.2, 0.25) is 0 Å². The van der Waals surface area contributed by atoms with E-state index in [1.807, 2.05) is 27.7 Å². The number of nitrogens with two attached hydrogens (primary N) is 1. The van der Waals surface area contributed by atoms with Crippen LogP contribution in [0.15, 0.2) is 0 Å². The predicted molar refractivity (Wildman–Crippen MR) is 67.2 cm³/mol. The monoisotopic (exact) mass is 238 g/mol. The van der Waals surface area contributed by atoms with Crippen molar-refractivity contribution in [1.82, 2.24) is 4.90 Å². The van der Waals surface area contributed by atoms with Gasteiger partial charge in [-0.15, -0.1) is 12.3 Å². The molecule has 96 valence electrons. The Morgan fingerprint density at radius 2 is 1.88 bits per heavy atom. The summed E-state index contributed by atoms with van der Waals surface area (Å²) < 4.78 is 5.91. The first-order valence-corrected chi connectivity index (χ1v) is 5.85. The second-order valence-electron chi connectivity index (χ2n) is 5.83.